The second kappa shape index (κ2) is 9.02. The highest BCUT2D eigenvalue weighted by Gasteiger charge is 2.09. The number of benzene rings is 1. The van der Waals surface area contributed by atoms with Crippen LogP contribution in [0.3, 0.4) is 0 Å². The van der Waals surface area contributed by atoms with Gasteiger partial charge < -0.3 is 19.9 Å². The molecule has 0 spiro atoms. The van der Waals surface area contributed by atoms with Gasteiger partial charge in [0.1, 0.15) is 0 Å². The van der Waals surface area contributed by atoms with E-state index < -0.39 is 0 Å². The molecule has 0 aliphatic heterocycles. The number of halogens is 1. The van der Waals surface area contributed by atoms with Gasteiger partial charge in [0.25, 0.3) is 0 Å². The molecule has 1 aromatic carbocycles. The smallest absolute Gasteiger partial charge is 0.162 e. The Kier molecular flexibility index (Phi) is 7.63. The molecule has 0 saturated carbocycles. The SMILES string of the molecule is COc1cc(Cl)c(CNCCCCCO)cc1OC. The lowest BCUT2D eigenvalue weighted by Gasteiger charge is -2.12. The van der Waals surface area contributed by atoms with Crippen molar-refractivity contribution in [3.8, 4) is 11.5 Å². The summed E-state index contributed by atoms with van der Waals surface area (Å²) < 4.78 is 10.4. The summed E-state index contributed by atoms with van der Waals surface area (Å²) in [6.45, 7) is 1.87. The number of rotatable bonds is 9. The number of nitrogens with one attached hydrogen (secondary N) is 1. The van der Waals surface area contributed by atoms with Gasteiger partial charge in [0.05, 0.1) is 14.2 Å². The molecule has 0 bridgehead atoms. The van der Waals surface area contributed by atoms with E-state index in [1.54, 1.807) is 20.3 Å². The lowest BCUT2D eigenvalue weighted by molar-refractivity contribution is 0.283. The number of methoxy groups -OCH3 is 2. The largest absolute Gasteiger partial charge is 0.493 e. The fourth-order valence-electron chi connectivity index (χ4n) is 1.79. The van der Waals surface area contributed by atoms with Crippen molar-refractivity contribution in [1.29, 1.82) is 0 Å². The lowest BCUT2D eigenvalue weighted by Crippen LogP contribution is -2.15. The molecular formula is C14H22ClNO3. The van der Waals surface area contributed by atoms with Crippen molar-refractivity contribution in [2.45, 2.75) is 25.8 Å². The Balaban J connectivity index is 2.49. The summed E-state index contributed by atoms with van der Waals surface area (Å²) in [4.78, 5) is 0. The molecule has 0 aliphatic rings. The molecule has 1 aromatic rings. The quantitative estimate of drug-likeness (QED) is 0.686. The maximum absolute atomic E-state index is 8.68. The predicted octanol–water partition coefficient (Wildman–Crippen LogP) is 2.61. The minimum Gasteiger partial charge on any atom is -0.493 e. The molecule has 0 saturated heterocycles. The number of hydrogen-bond donors (Lipinski definition) is 2. The minimum atomic E-state index is 0.265. The molecule has 0 amide bonds. The van der Waals surface area contributed by atoms with E-state index in [9.17, 15) is 0 Å². The number of aliphatic hydroxyl groups is 1. The van der Waals surface area contributed by atoms with Gasteiger partial charge in [-0.2, -0.15) is 0 Å². The average Bonchev–Trinajstić information content (AvgIpc) is 2.43. The van der Waals surface area contributed by atoms with Crippen molar-refractivity contribution in [3.05, 3.63) is 22.7 Å². The van der Waals surface area contributed by atoms with Crippen LogP contribution in [0.2, 0.25) is 5.02 Å². The Morgan fingerprint density at radius 2 is 1.79 bits per heavy atom. The molecule has 0 aromatic heterocycles. The summed E-state index contributed by atoms with van der Waals surface area (Å²) in [6, 6.07) is 3.66. The molecule has 0 atom stereocenters. The Hall–Kier alpha value is -0.970. The fourth-order valence-corrected chi connectivity index (χ4v) is 2.01. The average molecular weight is 288 g/mol. The van der Waals surface area contributed by atoms with Gasteiger partial charge in [-0.15, -0.1) is 0 Å². The van der Waals surface area contributed by atoms with Gasteiger partial charge in [0.2, 0.25) is 0 Å². The Morgan fingerprint density at radius 1 is 1.11 bits per heavy atom. The van der Waals surface area contributed by atoms with Crippen molar-refractivity contribution >= 4 is 11.6 Å². The van der Waals surface area contributed by atoms with E-state index in [4.69, 9.17) is 26.2 Å². The van der Waals surface area contributed by atoms with E-state index in [0.717, 1.165) is 31.4 Å². The maximum atomic E-state index is 8.68. The van der Waals surface area contributed by atoms with Crippen LogP contribution >= 0.6 is 11.6 Å². The minimum absolute atomic E-state index is 0.265. The molecule has 0 radical (unpaired) electrons. The zero-order valence-corrected chi connectivity index (χ0v) is 12.3. The van der Waals surface area contributed by atoms with E-state index in [1.807, 2.05) is 6.07 Å². The monoisotopic (exact) mass is 287 g/mol. The van der Waals surface area contributed by atoms with Crippen molar-refractivity contribution in [2.24, 2.45) is 0 Å². The van der Waals surface area contributed by atoms with E-state index in [0.29, 0.717) is 23.1 Å². The van der Waals surface area contributed by atoms with E-state index >= 15 is 0 Å². The molecule has 1 rings (SSSR count). The molecular weight excluding hydrogens is 266 g/mol. The van der Waals surface area contributed by atoms with Crippen LogP contribution < -0.4 is 14.8 Å². The molecule has 0 aliphatic carbocycles. The van der Waals surface area contributed by atoms with Crippen molar-refractivity contribution < 1.29 is 14.6 Å². The zero-order valence-electron chi connectivity index (χ0n) is 11.5. The fraction of sp³-hybridized carbons (Fsp3) is 0.571. The topological polar surface area (TPSA) is 50.7 Å². The highest BCUT2D eigenvalue weighted by Crippen LogP contribution is 2.32. The van der Waals surface area contributed by atoms with E-state index in [1.165, 1.54) is 0 Å². The van der Waals surface area contributed by atoms with Gasteiger partial charge in [0, 0.05) is 24.2 Å². The van der Waals surface area contributed by atoms with Gasteiger partial charge in [0.15, 0.2) is 11.5 Å². The third-order valence-electron chi connectivity index (χ3n) is 2.88. The van der Waals surface area contributed by atoms with Gasteiger partial charge in [-0.3, -0.25) is 0 Å². The Morgan fingerprint density at radius 3 is 2.42 bits per heavy atom. The third-order valence-corrected chi connectivity index (χ3v) is 3.23. The van der Waals surface area contributed by atoms with Crippen LogP contribution in [0.15, 0.2) is 12.1 Å². The maximum Gasteiger partial charge on any atom is 0.162 e. The van der Waals surface area contributed by atoms with Crippen LogP contribution in [0, 0.1) is 0 Å². The predicted molar refractivity (Wildman–Crippen MR) is 77.2 cm³/mol. The van der Waals surface area contributed by atoms with Crippen LogP contribution in [-0.4, -0.2) is 32.5 Å². The van der Waals surface area contributed by atoms with Crippen LogP contribution in [0.1, 0.15) is 24.8 Å². The summed E-state index contributed by atoms with van der Waals surface area (Å²) in [5.74, 6) is 1.32. The second-order valence-electron chi connectivity index (χ2n) is 4.26. The molecule has 0 unspecified atom stereocenters. The summed E-state index contributed by atoms with van der Waals surface area (Å²) in [6.07, 6.45) is 2.94. The first-order valence-electron chi connectivity index (χ1n) is 6.45. The Labute approximate surface area is 119 Å². The molecule has 0 heterocycles. The first kappa shape index (κ1) is 16.1. The normalized spacial score (nSPS) is 10.5. The van der Waals surface area contributed by atoms with Gasteiger partial charge in [-0.1, -0.05) is 11.6 Å². The van der Waals surface area contributed by atoms with Crippen LogP contribution in [0.25, 0.3) is 0 Å². The molecule has 19 heavy (non-hydrogen) atoms. The van der Waals surface area contributed by atoms with Gasteiger partial charge in [-0.25, -0.2) is 0 Å². The highest BCUT2D eigenvalue weighted by molar-refractivity contribution is 6.31. The molecule has 0 fully saturated rings. The van der Waals surface area contributed by atoms with Gasteiger partial charge >= 0.3 is 0 Å². The first-order valence-corrected chi connectivity index (χ1v) is 6.82. The molecule has 2 N–H and O–H groups in total. The molecule has 108 valence electrons. The van der Waals surface area contributed by atoms with Crippen molar-refractivity contribution in [1.82, 2.24) is 5.32 Å². The van der Waals surface area contributed by atoms with Crippen LogP contribution in [-0.2, 0) is 6.54 Å². The number of aliphatic hydroxyl groups excluding tert-OH is 1. The van der Waals surface area contributed by atoms with Crippen LogP contribution in [0.4, 0.5) is 0 Å². The number of hydrogen-bond acceptors (Lipinski definition) is 4. The number of unbranched alkanes of at least 4 members (excludes halogenated alkanes) is 2. The molecule has 5 heteroatoms. The second-order valence-corrected chi connectivity index (χ2v) is 4.67. The molecule has 4 nitrogen and oxygen atoms in total. The summed E-state index contributed by atoms with van der Waals surface area (Å²) in [7, 11) is 3.20. The standard InChI is InChI=1S/C14H22ClNO3/c1-18-13-8-11(12(15)9-14(13)19-2)10-16-6-4-3-5-7-17/h8-9,16-17H,3-7,10H2,1-2H3. The zero-order chi connectivity index (χ0) is 14.1. The summed E-state index contributed by atoms with van der Waals surface area (Å²) in [5, 5.41) is 12.7. The van der Waals surface area contributed by atoms with Crippen molar-refractivity contribution in [3.63, 3.8) is 0 Å². The van der Waals surface area contributed by atoms with E-state index in [2.05, 4.69) is 5.32 Å². The Bertz CT molecular complexity index is 385. The van der Waals surface area contributed by atoms with E-state index in [-0.39, 0.29) is 6.61 Å². The first-order chi connectivity index (χ1) is 9.22. The summed E-state index contributed by atoms with van der Waals surface area (Å²) in [5.41, 5.74) is 0.987. The van der Waals surface area contributed by atoms with Crippen LogP contribution in [0.5, 0.6) is 11.5 Å². The summed E-state index contributed by atoms with van der Waals surface area (Å²) >= 11 is 6.19. The third kappa shape index (κ3) is 5.27. The lowest BCUT2D eigenvalue weighted by atomic mass is 10.2. The number of ether oxygens (including phenoxy) is 2. The van der Waals surface area contributed by atoms with Crippen molar-refractivity contribution in [2.75, 3.05) is 27.4 Å². The highest BCUT2D eigenvalue weighted by atomic mass is 35.5. The van der Waals surface area contributed by atoms with Gasteiger partial charge in [-0.05, 0) is 37.4 Å².